The first-order chi connectivity index (χ1) is 13.1. The van der Waals surface area contributed by atoms with Crippen LogP contribution in [0.15, 0.2) is 17.9 Å². The minimum atomic E-state index is -0.775. The lowest BCUT2D eigenvalue weighted by Gasteiger charge is -2.26. The average Bonchev–Trinajstić information content (AvgIpc) is 3.12. The molecular formula is C24H32O4. The Balaban J connectivity index is 2.16. The van der Waals surface area contributed by atoms with Gasteiger partial charge < -0.3 is 9.47 Å². The maximum atomic E-state index is 13.0. The Bertz CT molecular complexity index is 833. The van der Waals surface area contributed by atoms with Gasteiger partial charge in [-0.05, 0) is 68.1 Å². The molecule has 28 heavy (non-hydrogen) atoms. The molecular weight excluding hydrogens is 352 g/mol. The fourth-order valence-corrected chi connectivity index (χ4v) is 4.51. The predicted octanol–water partition coefficient (Wildman–Crippen LogP) is 5.43. The molecule has 1 aliphatic carbocycles. The van der Waals surface area contributed by atoms with Crippen LogP contribution in [0, 0.1) is 19.3 Å². The molecule has 152 valence electrons. The number of ether oxygens (including phenoxy) is 2. The van der Waals surface area contributed by atoms with Crippen LogP contribution in [0.1, 0.15) is 82.1 Å². The monoisotopic (exact) mass is 384 g/mol. The Hall–Kier alpha value is -2.10. The van der Waals surface area contributed by atoms with Crippen LogP contribution in [0.5, 0.6) is 0 Å². The zero-order valence-corrected chi connectivity index (χ0v) is 18.0. The van der Waals surface area contributed by atoms with Gasteiger partial charge in [-0.1, -0.05) is 45.4 Å². The molecule has 1 aromatic carbocycles. The lowest BCUT2D eigenvalue weighted by molar-refractivity contribution is -0.153. The van der Waals surface area contributed by atoms with Crippen molar-refractivity contribution < 1.29 is 19.1 Å². The van der Waals surface area contributed by atoms with Crippen LogP contribution in [0.2, 0.25) is 0 Å². The largest absolute Gasteiger partial charge is 0.447 e. The molecule has 2 aliphatic rings. The molecule has 0 amide bonds. The Morgan fingerprint density at radius 3 is 2.39 bits per heavy atom. The fourth-order valence-electron chi connectivity index (χ4n) is 4.51. The first-order valence-electron chi connectivity index (χ1n) is 10.4. The Morgan fingerprint density at radius 2 is 1.82 bits per heavy atom. The van der Waals surface area contributed by atoms with E-state index >= 15 is 0 Å². The molecule has 4 nitrogen and oxygen atoms in total. The summed E-state index contributed by atoms with van der Waals surface area (Å²) in [6.45, 7) is 12.2. The summed E-state index contributed by atoms with van der Waals surface area (Å²) >= 11 is 0. The summed E-state index contributed by atoms with van der Waals surface area (Å²) < 4.78 is 11.9. The molecule has 0 bridgehead atoms. The van der Waals surface area contributed by atoms with Crippen molar-refractivity contribution in [1.82, 2.24) is 0 Å². The molecule has 1 aromatic rings. The van der Waals surface area contributed by atoms with E-state index in [1.807, 2.05) is 27.7 Å². The first kappa shape index (κ1) is 20.6. The van der Waals surface area contributed by atoms with Gasteiger partial charge in [0.2, 0.25) is 0 Å². The minimum absolute atomic E-state index is 0.182. The third-order valence-corrected chi connectivity index (χ3v) is 5.63. The van der Waals surface area contributed by atoms with E-state index < -0.39 is 5.60 Å². The van der Waals surface area contributed by atoms with Crippen LogP contribution in [0.3, 0.4) is 0 Å². The van der Waals surface area contributed by atoms with E-state index in [2.05, 4.69) is 26.0 Å². The third-order valence-electron chi connectivity index (χ3n) is 5.63. The lowest BCUT2D eigenvalue weighted by atomic mass is 9.88. The Kier molecular flexibility index (Phi) is 5.44. The molecule has 1 spiro atoms. The van der Waals surface area contributed by atoms with Gasteiger partial charge in [0.1, 0.15) is 5.57 Å². The highest BCUT2D eigenvalue weighted by Crippen LogP contribution is 2.49. The van der Waals surface area contributed by atoms with E-state index in [1.54, 1.807) is 0 Å². The van der Waals surface area contributed by atoms with Crippen LogP contribution in [-0.4, -0.2) is 17.5 Å². The molecule has 1 heterocycles. The SMILES string of the molecule is CCc1cc(C)cc(C)c1C1=C(OC(=O)CC(C)(C)C)C2(CCCC2)OC1=O. The average molecular weight is 385 g/mol. The van der Waals surface area contributed by atoms with Crippen molar-refractivity contribution in [2.24, 2.45) is 5.41 Å². The van der Waals surface area contributed by atoms with Crippen molar-refractivity contribution >= 4 is 17.5 Å². The Labute approximate surface area is 168 Å². The summed E-state index contributed by atoms with van der Waals surface area (Å²) in [5.41, 5.74) is 3.64. The van der Waals surface area contributed by atoms with Gasteiger partial charge in [-0.15, -0.1) is 0 Å². The highest BCUT2D eigenvalue weighted by atomic mass is 16.6. The normalized spacial score (nSPS) is 18.7. The van der Waals surface area contributed by atoms with E-state index in [-0.39, 0.29) is 17.4 Å². The molecule has 3 rings (SSSR count). The molecule has 0 N–H and O–H groups in total. The number of rotatable bonds is 4. The van der Waals surface area contributed by atoms with E-state index in [0.717, 1.165) is 41.5 Å². The maximum absolute atomic E-state index is 13.0. The van der Waals surface area contributed by atoms with Crippen molar-refractivity contribution in [2.75, 3.05) is 0 Å². The van der Waals surface area contributed by atoms with Crippen LogP contribution >= 0.6 is 0 Å². The van der Waals surface area contributed by atoms with Crippen molar-refractivity contribution in [3.05, 3.63) is 40.1 Å². The predicted molar refractivity (Wildman–Crippen MR) is 110 cm³/mol. The molecule has 1 aliphatic heterocycles. The van der Waals surface area contributed by atoms with E-state index in [9.17, 15) is 9.59 Å². The van der Waals surface area contributed by atoms with Crippen molar-refractivity contribution in [3.8, 4) is 0 Å². The van der Waals surface area contributed by atoms with Gasteiger partial charge in [-0.2, -0.15) is 0 Å². The molecule has 4 heteroatoms. The molecule has 0 atom stereocenters. The number of benzene rings is 1. The summed E-state index contributed by atoms with van der Waals surface area (Å²) in [6, 6.07) is 4.18. The van der Waals surface area contributed by atoms with Crippen LogP contribution in [-0.2, 0) is 25.5 Å². The van der Waals surface area contributed by atoms with Crippen molar-refractivity contribution in [1.29, 1.82) is 0 Å². The van der Waals surface area contributed by atoms with Crippen molar-refractivity contribution in [3.63, 3.8) is 0 Å². The number of carbonyl (C=O) groups is 2. The van der Waals surface area contributed by atoms with Gasteiger partial charge in [0.05, 0.1) is 6.42 Å². The molecule has 0 radical (unpaired) electrons. The molecule has 0 saturated heterocycles. The lowest BCUT2D eigenvalue weighted by Crippen LogP contribution is -2.31. The van der Waals surface area contributed by atoms with Crippen LogP contribution in [0.4, 0.5) is 0 Å². The molecule has 0 unspecified atom stereocenters. The smallest absolute Gasteiger partial charge is 0.343 e. The third kappa shape index (κ3) is 3.87. The zero-order valence-electron chi connectivity index (χ0n) is 18.0. The fraction of sp³-hybridized carbons (Fsp3) is 0.583. The summed E-state index contributed by atoms with van der Waals surface area (Å²) in [6.07, 6.45) is 4.45. The van der Waals surface area contributed by atoms with E-state index in [0.29, 0.717) is 30.6 Å². The zero-order chi connectivity index (χ0) is 20.7. The number of hydrogen-bond donors (Lipinski definition) is 0. The van der Waals surface area contributed by atoms with Gasteiger partial charge in [0.25, 0.3) is 0 Å². The minimum Gasteiger partial charge on any atom is -0.447 e. The van der Waals surface area contributed by atoms with Gasteiger partial charge >= 0.3 is 11.9 Å². The molecule has 0 aromatic heterocycles. The summed E-state index contributed by atoms with van der Waals surface area (Å²) in [5, 5.41) is 0. The van der Waals surface area contributed by atoms with Gasteiger partial charge in [0, 0.05) is 0 Å². The number of esters is 2. The van der Waals surface area contributed by atoms with Gasteiger partial charge in [-0.25, -0.2) is 4.79 Å². The number of hydrogen-bond acceptors (Lipinski definition) is 4. The van der Waals surface area contributed by atoms with Crippen LogP contribution < -0.4 is 0 Å². The second kappa shape index (κ2) is 7.38. The summed E-state index contributed by atoms with van der Waals surface area (Å²) in [5.74, 6) is -0.208. The quantitative estimate of drug-likeness (QED) is 0.650. The second-order valence-corrected chi connectivity index (χ2v) is 9.48. The number of aryl methyl sites for hydroxylation is 3. The second-order valence-electron chi connectivity index (χ2n) is 9.48. The van der Waals surface area contributed by atoms with Gasteiger partial charge in [0.15, 0.2) is 11.4 Å². The first-order valence-corrected chi connectivity index (χ1v) is 10.4. The molecule has 1 fully saturated rings. The van der Waals surface area contributed by atoms with Crippen LogP contribution in [0.25, 0.3) is 5.57 Å². The topological polar surface area (TPSA) is 52.6 Å². The van der Waals surface area contributed by atoms with Crippen molar-refractivity contribution in [2.45, 2.75) is 85.7 Å². The van der Waals surface area contributed by atoms with E-state index in [4.69, 9.17) is 9.47 Å². The Morgan fingerprint density at radius 1 is 1.18 bits per heavy atom. The van der Waals surface area contributed by atoms with Gasteiger partial charge in [-0.3, -0.25) is 4.79 Å². The van der Waals surface area contributed by atoms with E-state index in [1.165, 1.54) is 0 Å². The highest BCUT2D eigenvalue weighted by molar-refractivity contribution is 6.21. The number of carbonyl (C=O) groups excluding carboxylic acids is 2. The molecule has 1 saturated carbocycles. The highest BCUT2D eigenvalue weighted by Gasteiger charge is 2.52. The summed E-state index contributed by atoms with van der Waals surface area (Å²) in [7, 11) is 0. The summed E-state index contributed by atoms with van der Waals surface area (Å²) in [4.78, 5) is 25.8. The standard InChI is InChI=1S/C24H32O4/c1-7-17-13-15(2)12-16(3)19(17)20-21(27-18(25)14-23(4,5)6)24(28-22(20)26)10-8-9-11-24/h12-13H,7-11,14H2,1-6H3. The maximum Gasteiger partial charge on any atom is 0.343 e.